The fourth-order valence-corrected chi connectivity index (χ4v) is 3.21. The smallest absolute Gasteiger partial charge is 0.254 e. The summed E-state index contributed by atoms with van der Waals surface area (Å²) in [7, 11) is 0. The summed E-state index contributed by atoms with van der Waals surface area (Å²) >= 11 is 0. The van der Waals surface area contributed by atoms with E-state index in [2.05, 4.69) is 12.1 Å². The molecule has 1 aliphatic heterocycles. The van der Waals surface area contributed by atoms with E-state index in [1.165, 1.54) is 5.56 Å². The lowest BCUT2D eigenvalue weighted by Gasteiger charge is -2.31. The molecule has 132 valence electrons. The summed E-state index contributed by atoms with van der Waals surface area (Å²) in [6.07, 6.45) is 1.56. The zero-order valence-corrected chi connectivity index (χ0v) is 14.5. The zero-order valence-electron chi connectivity index (χ0n) is 14.5. The molecule has 2 N–H and O–H groups in total. The van der Waals surface area contributed by atoms with Crippen molar-refractivity contribution in [3.05, 3.63) is 59.7 Å². The van der Waals surface area contributed by atoms with Crippen LogP contribution in [0.4, 0.5) is 0 Å². The van der Waals surface area contributed by atoms with E-state index in [1.807, 2.05) is 30.0 Å². The molecule has 5 heteroatoms. The molecule has 25 heavy (non-hydrogen) atoms. The first-order chi connectivity index (χ1) is 12.2. The molecule has 1 amide bonds. The molecule has 1 aliphatic rings. The molecular formula is C20H24N2O3. The number of benzene rings is 2. The molecule has 5 nitrogen and oxygen atoms in total. The second-order valence-electron chi connectivity index (χ2n) is 6.08. The number of fused-ring (bicyclic) bond motifs is 1. The minimum Gasteiger partial charge on any atom is -0.454 e. The van der Waals surface area contributed by atoms with Gasteiger partial charge in [-0.15, -0.1) is 0 Å². The van der Waals surface area contributed by atoms with Crippen molar-refractivity contribution in [3.63, 3.8) is 0 Å². The quantitative estimate of drug-likeness (QED) is 0.842. The molecule has 1 atom stereocenters. The second kappa shape index (κ2) is 8.03. The van der Waals surface area contributed by atoms with Gasteiger partial charge < -0.3 is 20.1 Å². The van der Waals surface area contributed by atoms with E-state index in [4.69, 9.17) is 15.2 Å². The second-order valence-corrected chi connectivity index (χ2v) is 6.08. The fourth-order valence-electron chi connectivity index (χ4n) is 3.21. The first-order valence-corrected chi connectivity index (χ1v) is 8.67. The van der Waals surface area contributed by atoms with Gasteiger partial charge in [0.05, 0.1) is 0 Å². The molecule has 0 radical (unpaired) electrons. The maximum Gasteiger partial charge on any atom is 0.254 e. The molecule has 1 heterocycles. The predicted molar refractivity (Wildman–Crippen MR) is 96.9 cm³/mol. The van der Waals surface area contributed by atoms with E-state index in [9.17, 15) is 4.79 Å². The Kier molecular flexibility index (Phi) is 5.56. The van der Waals surface area contributed by atoms with Crippen molar-refractivity contribution in [2.24, 2.45) is 5.73 Å². The van der Waals surface area contributed by atoms with Gasteiger partial charge in [0.25, 0.3) is 5.91 Å². The molecule has 0 aromatic heterocycles. The Labute approximate surface area is 148 Å². The maximum absolute atomic E-state index is 13.1. The highest BCUT2D eigenvalue weighted by molar-refractivity contribution is 5.95. The predicted octanol–water partition coefficient (Wildman–Crippen LogP) is 2.84. The third-order valence-corrected chi connectivity index (χ3v) is 4.48. The van der Waals surface area contributed by atoms with Crippen LogP contribution in [0.25, 0.3) is 0 Å². The SMILES string of the molecule is CCN(C(=O)c1ccc2c(c1)OCO2)[C@H](CCN)Cc1ccccc1. The van der Waals surface area contributed by atoms with Crippen molar-refractivity contribution in [3.8, 4) is 11.5 Å². The largest absolute Gasteiger partial charge is 0.454 e. The summed E-state index contributed by atoms with van der Waals surface area (Å²) in [6, 6.07) is 15.6. The van der Waals surface area contributed by atoms with Gasteiger partial charge in [0, 0.05) is 18.2 Å². The average Bonchev–Trinajstić information content (AvgIpc) is 3.11. The number of carbonyl (C=O) groups is 1. The highest BCUT2D eigenvalue weighted by Crippen LogP contribution is 2.33. The van der Waals surface area contributed by atoms with Crippen molar-refractivity contribution < 1.29 is 14.3 Å². The summed E-state index contributed by atoms with van der Waals surface area (Å²) in [5, 5.41) is 0. The van der Waals surface area contributed by atoms with Crippen molar-refractivity contribution in [2.45, 2.75) is 25.8 Å². The number of amides is 1. The minimum atomic E-state index is -0.00446. The Morgan fingerprint density at radius 1 is 1.16 bits per heavy atom. The number of nitrogens with zero attached hydrogens (tertiary/aromatic N) is 1. The molecule has 0 unspecified atom stereocenters. The zero-order chi connectivity index (χ0) is 17.6. The van der Waals surface area contributed by atoms with Crippen LogP contribution in [-0.4, -0.2) is 36.7 Å². The van der Waals surface area contributed by atoms with Gasteiger partial charge in [0.2, 0.25) is 6.79 Å². The van der Waals surface area contributed by atoms with Gasteiger partial charge in [-0.05, 0) is 50.1 Å². The minimum absolute atomic E-state index is 0.00446. The van der Waals surface area contributed by atoms with Crippen LogP contribution < -0.4 is 15.2 Å². The molecule has 3 rings (SSSR count). The molecule has 0 fully saturated rings. The van der Waals surface area contributed by atoms with Crippen molar-refractivity contribution in [2.75, 3.05) is 19.9 Å². The summed E-state index contributed by atoms with van der Waals surface area (Å²) in [5.41, 5.74) is 7.63. The van der Waals surface area contributed by atoms with Crippen molar-refractivity contribution >= 4 is 5.91 Å². The number of hydrogen-bond donors (Lipinski definition) is 1. The Balaban J connectivity index is 1.81. The molecule has 2 aromatic rings. The number of ether oxygens (including phenoxy) is 2. The van der Waals surface area contributed by atoms with Crippen LogP contribution in [0, 0.1) is 0 Å². The van der Waals surface area contributed by atoms with Gasteiger partial charge in [0.1, 0.15) is 0 Å². The van der Waals surface area contributed by atoms with E-state index in [1.54, 1.807) is 18.2 Å². The van der Waals surface area contributed by atoms with Gasteiger partial charge in [-0.1, -0.05) is 30.3 Å². The molecule has 0 spiro atoms. The van der Waals surface area contributed by atoms with Gasteiger partial charge >= 0.3 is 0 Å². The molecule has 0 bridgehead atoms. The highest BCUT2D eigenvalue weighted by Gasteiger charge is 2.25. The van der Waals surface area contributed by atoms with Crippen LogP contribution in [0.3, 0.4) is 0 Å². The average molecular weight is 340 g/mol. The molecular weight excluding hydrogens is 316 g/mol. The van der Waals surface area contributed by atoms with E-state index in [-0.39, 0.29) is 18.7 Å². The molecule has 2 aromatic carbocycles. The van der Waals surface area contributed by atoms with Crippen molar-refractivity contribution in [1.29, 1.82) is 0 Å². The summed E-state index contributed by atoms with van der Waals surface area (Å²) in [4.78, 5) is 15.0. The maximum atomic E-state index is 13.1. The first kappa shape index (κ1) is 17.3. The molecule has 0 saturated heterocycles. The van der Waals surface area contributed by atoms with E-state index < -0.39 is 0 Å². The lowest BCUT2D eigenvalue weighted by atomic mass is 10.0. The Hall–Kier alpha value is -2.53. The normalized spacial score (nSPS) is 13.5. The molecule has 0 saturated carbocycles. The topological polar surface area (TPSA) is 64.8 Å². The Morgan fingerprint density at radius 2 is 1.92 bits per heavy atom. The Bertz CT molecular complexity index is 718. The molecule has 0 aliphatic carbocycles. The van der Waals surface area contributed by atoms with Gasteiger partial charge in [-0.3, -0.25) is 4.79 Å². The lowest BCUT2D eigenvalue weighted by Crippen LogP contribution is -2.42. The number of hydrogen-bond acceptors (Lipinski definition) is 4. The monoisotopic (exact) mass is 340 g/mol. The standard InChI is InChI=1S/C20H24N2O3/c1-2-22(17(10-11-21)12-15-6-4-3-5-7-15)20(23)16-8-9-18-19(13-16)25-14-24-18/h3-9,13,17H,2,10-12,14,21H2,1H3/t17-/m1/s1. The number of nitrogens with two attached hydrogens (primary N) is 1. The van der Waals surface area contributed by atoms with Crippen LogP contribution in [0.15, 0.2) is 48.5 Å². The van der Waals surface area contributed by atoms with E-state index in [0.717, 1.165) is 12.8 Å². The Morgan fingerprint density at radius 3 is 2.64 bits per heavy atom. The van der Waals surface area contributed by atoms with Crippen LogP contribution in [-0.2, 0) is 6.42 Å². The fraction of sp³-hybridized carbons (Fsp3) is 0.350. The van der Waals surface area contributed by atoms with Gasteiger partial charge in [-0.25, -0.2) is 0 Å². The van der Waals surface area contributed by atoms with Crippen LogP contribution >= 0.6 is 0 Å². The summed E-state index contributed by atoms with van der Waals surface area (Å²) in [5.74, 6) is 1.30. The lowest BCUT2D eigenvalue weighted by molar-refractivity contribution is 0.0681. The highest BCUT2D eigenvalue weighted by atomic mass is 16.7. The van der Waals surface area contributed by atoms with E-state index >= 15 is 0 Å². The number of rotatable bonds is 7. The van der Waals surface area contributed by atoms with Crippen LogP contribution in [0.1, 0.15) is 29.3 Å². The third-order valence-electron chi connectivity index (χ3n) is 4.48. The van der Waals surface area contributed by atoms with Crippen LogP contribution in [0.2, 0.25) is 0 Å². The summed E-state index contributed by atoms with van der Waals surface area (Å²) in [6.45, 7) is 3.38. The summed E-state index contributed by atoms with van der Waals surface area (Å²) < 4.78 is 10.7. The number of carbonyl (C=O) groups excluding carboxylic acids is 1. The van der Waals surface area contributed by atoms with Gasteiger partial charge in [0.15, 0.2) is 11.5 Å². The third kappa shape index (κ3) is 3.94. The first-order valence-electron chi connectivity index (χ1n) is 8.67. The van der Waals surface area contributed by atoms with Crippen molar-refractivity contribution in [1.82, 2.24) is 4.90 Å². The number of likely N-dealkylation sites (N-methyl/N-ethyl adjacent to an activating group) is 1. The van der Waals surface area contributed by atoms with Crippen LogP contribution in [0.5, 0.6) is 11.5 Å². The van der Waals surface area contributed by atoms with Gasteiger partial charge in [-0.2, -0.15) is 0 Å². The van der Waals surface area contributed by atoms with E-state index in [0.29, 0.717) is 30.2 Å².